The normalized spacial score (nSPS) is 22.3. The minimum atomic E-state index is -0.508. The Labute approximate surface area is 142 Å². The third-order valence-corrected chi connectivity index (χ3v) is 4.81. The first-order valence-corrected chi connectivity index (χ1v) is 8.62. The first-order valence-electron chi connectivity index (χ1n) is 8.62. The average Bonchev–Trinajstić information content (AvgIpc) is 3.22. The van der Waals surface area contributed by atoms with Gasteiger partial charge in [0.15, 0.2) is 0 Å². The summed E-state index contributed by atoms with van der Waals surface area (Å²) >= 11 is 0. The first kappa shape index (κ1) is 17.0. The van der Waals surface area contributed by atoms with Crippen LogP contribution in [0, 0.1) is 11.4 Å². The van der Waals surface area contributed by atoms with Crippen LogP contribution in [-0.2, 0) is 4.74 Å². The number of anilines is 1. The molecule has 0 bridgehead atoms. The van der Waals surface area contributed by atoms with Crippen molar-refractivity contribution in [1.82, 2.24) is 9.88 Å². The van der Waals surface area contributed by atoms with Gasteiger partial charge in [-0.1, -0.05) is 6.07 Å². The van der Waals surface area contributed by atoms with Crippen molar-refractivity contribution in [2.45, 2.75) is 58.1 Å². The molecule has 1 atom stereocenters. The number of pyridine rings is 1. The molecule has 3 rings (SSSR count). The largest absolute Gasteiger partial charge is 0.444 e. The predicted octanol–water partition coefficient (Wildman–Crippen LogP) is 3.81. The third kappa shape index (κ3) is 4.16. The predicted molar refractivity (Wildman–Crippen MR) is 90.3 cm³/mol. The molecule has 2 fully saturated rings. The standard InChI is InChI=1S/C18H26FN3O2/c1-17(2,3)24-16(23)22-10-9-18(7-8-18)11-13(22)12-20-15-6-4-5-14(19)21-15/h4-6,13H,7-12H2,1-3H3,(H,20,21)/t13-/m0/s1. The van der Waals surface area contributed by atoms with Gasteiger partial charge in [0.1, 0.15) is 11.4 Å². The molecule has 2 heterocycles. The summed E-state index contributed by atoms with van der Waals surface area (Å²) in [5, 5.41) is 3.17. The van der Waals surface area contributed by atoms with E-state index in [2.05, 4.69) is 10.3 Å². The van der Waals surface area contributed by atoms with Gasteiger partial charge in [-0.25, -0.2) is 9.78 Å². The molecular weight excluding hydrogens is 309 g/mol. The topological polar surface area (TPSA) is 54.5 Å². The summed E-state index contributed by atoms with van der Waals surface area (Å²) in [6.07, 6.45) is 4.22. The van der Waals surface area contributed by atoms with Gasteiger partial charge in [-0.05, 0) is 64.0 Å². The molecule has 2 aliphatic rings. The van der Waals surface area contributed by atoms with E-state index in [1.165, 1.54) is 18.9 Å². The van der Waals surface area contributed by atoms with E-state index in [0.717, 1.165) is 19.4 Å². The number of hydrogen-bond donors (Lipinski definition) is 1. The molecule has 1 saturated heterocycles. The molecule has 1 N–H and O–H groups in total. The fourth-order valence-electron chi connectivity index (χ4n) is 3.36. The van der Waals surface area contributed by atoms with E-state index in [0.29, 0.717) is 17.8 Å². The van der Waals surface area contributed by atoms with Gasteiger partial charge in [0.25, 0.3) is 0 Å². The Morgan fingerprint density at radius 3 is 2.79 bits per heavy atom. The van der Waals surface area contributed by atoms with Crippen molar-refractivity contribution >= 4 is 11.9 Å². The van der Waals surface area contributed by atoms with Gasteiger partial charge >= 0.3 is 6.09 Å². The van der Waals surface area contributed by atoms with Crippen LogP contribution >= 0.6 is 0 Å². The van der Waals surface area contributed by atoms with Crippen LogP contribution in [0.15, 0.2) is 18.2 Å². The van der Waals surface area contributed by atoms with Gasteiger partial charge in [0.2, 0.25) is 5.95 Å². The van der Waals surface area contributed by atoms with Gasteiger partial charge in [0.05, 0.1) is 6.04 Å². The first-order chi connectivity index (χ1) is 11.3. The van der Waals surface area contributed by atoms with Gasteiger partial charge < -0.3 is 15.0 Å². The van der Waals surface area contributed by atoms with Crippen LogP contribution in [0.2, 0.25) is 0 Å². The summed E-state index contributed by atoms with van der Waals surface area (Å²) in [6, 6.07) is 4.72. The summed E-state index contributed by atoms with van der Waals surface area (Å²) in [7, 11) is 0. The van der Waals surface area contributed by atoms with E-state index >= 15 is 0 Å². The maximum Gasteiger partial charge on any atom is 0.410 e. The highest BCUT2D eigenvalue weighted by molar-refractivity contribution is 5.69. The Hall–Kier alpha value is -1.85. The number of hydrogen-bond acceptors (Lipinski definition) is 4. The Morgan fingerprint density at radius 2 is 2.17 bits per heavy atom. The number of nitrogens with one attached hydrogen (secondary N) is 1. The molecule has 1 spiro atoms. The summed E-state index contributed by atoms with van der Waals surface area (Å²) in [5.74, 6) is -0.0131. The van der Waals surface area contributed by atoms with Crippen molar-refractivity contribution < 1.29 is 13.9 Å². The smallest absolute Gasteiger partial charge is 0.410 e. The van der Waals surface area contributed by atoms with Crippen molar-refractivity contribution in [2.24, 2.45) is 5.41 Å². The SMILES string of the molecule is CC(C)(C)OC(=O)N1CCC2(CC2)C[C@H]1CNc1cccc(F)n1. The average molecular weight is 335 g/mol. The second kappa shape index (κ2) is 6.22. The molecule has 1 aromatic heterocycles. The van der Waals surface area contributed by atoms with E-state index in [1.807, 2.05) is 25.7 Å². The molecule has 24 heavy (non-hydrogen) atoms. The van der Waals surface area contributed by atoms with Crippen molar-refractivity contribution in [2.75, 3.05) is 18.4 Å². The summed E-state index contributed by atoms with van der Waals surface area (Å²) in [5.41, 5.74) is -0.103. The monoisotopic (exact) mass is 335 g/mol. The van der Waals surface area contributed by atoms with Crippen LogP contribution in [0.1, 0.15) is 46.5 Å². The minimum Gasteiger partial charge on any atom is -0.444 e. The maximum atomic E-state index is 13.2. The molecule has 0 aromatic carbocycles. The lowest BCUT2D eigenvalue weighted by Gasteiger charge is -2.40. The lowest BCUT2D eigenvalue weighted by molar-refractivity contribution is 0.00462. The van der Waals surface area contributed by atoms with E-state index in [4.69, 9.17) is 4.74 Å². The number of ether oxygens (including phenoxy) is 1. The van der Waals surface area contributed by atoms with E-state index in [-0.39, 0.29) is 12.1 Å². The van der Waals surface area contributed by atoms with Crippen molar-refractivity contribution in [1.29, 1.82) is 0 Å². The molecule has 0 radical (unpaired) electrons. The molecule has 5 nitrogen and oxygen atoms in total. The fourth-order valence-corrected chi connectivity index (χ4v) is 3.36. The molecule has 1 amide bonds. The molecule has 6 heteroatoms. The number of halogens is 1. The zero-order valence-corrected chi connectivity index (χ0v) is 14.6. The third-order valence-electron chi connectivity index (χ3n) is 4.81. The van der Waals surface area contributed by atoms with Crippen LogP contribution in [0.3, 0.4) is 0 Å². The number of carbonyl (C=O) groups is 1. The van der Waals surface area contributed by atoms with Crippen LogP contribution < -0.4 is 5.32 Å². The zero-order valence-electron chi connectivity index (χ0n) is 14.6. The number of aromatic nitrogens is 1. The Balaban J connectivity index is 1.66. The number of carbonyl (C=O) groups excluding carboxylic acids is 1. The molecule has 132 valence electrons. The van der Waals surface area contributed by atoms with E-state index in [9.17, 15) is 9.18 Å². The summed E-state index contributed by atoms with van der Waals surface area (Å²) in [4.78, 5) is 18.2. The Kier molecular flexibility index (Phi) is 4.40. The lowest BCUT2D eigenvalue weighted by atomic mass is 9.88. The summed E-state index contributed by atoms with van der Waals surface area (Å²) < 4.78 is 18.8. The van der Waals surface area contributed by atoms with Crippen LogP contribution in [0.4, 0.5) is 15.0 Å². The lowest BCUT2D eigenvalue weighted by Crippen LogP contribution is -2.51. The fraction of sp³-hybridized carbons (Fsp3) is 0.667. The number of rotatable bonds is 3. The van der Waals surface area contributed by atoms with E-state index < -0.39 is 11.5 Å². The van der Waals surface area contributed by atoms with E-state index in [1.54, 1.807) is 12.1 Å². The van der Waals surface area contributed by atoms with Gasteiger partial charge in [-0.15, -0.1) is 0 Å². The second-order valence-corrected chi connectivity index (χ2v) is 8.01. The Morgan fingerprint density at radius 1 is 1.42 bits per heavy atom. The van der Waals surface area contributed by atoms with Gasteiger partial charge in [-0.2, -0.15) is 4.39 Å². The van der Waals surface area contributed by atoms with Crippen LogP contribution in [-0.4, -0.2) is 40.7 Å². The molecule has 0 unspecified atom stereocenters. The van der Waals surface area contributed by atoms with Crippen LogP contribution in [0.5, 0.6) is 0 Å². The highest BCUT2D eigenvalue weighted by Crippen LogP contribution is 2.55. The zero-order chi connectivity index (χ0) is 17.4. The molecule has 1 aliphatic heterocycles. The summed E-state index contributed by atoms with van der Waals surface area (Å²) in [6.45, 7) is 6.90. The number of nitrogens with zero attached hydrogens (tertiary/aromatic N) is 2. The number of likely N-dealkylation sites (tertiary alicyclic amines) is 1. The highest BCUT2D eigenvalue weighted by Gasteiger charge is 2.49. The number of amides is 1. The molecular formula is C18H26FN3O2. The van der Waals surface area contributed by atoms with Crippen LogP contribution in [0.25, 0.3) is 0 Å². The molecule has 1 aliphatic carbocycles. The molecule has 1 aromatic rings. The quantitative estimate of drug-likeness (QED) is 0.854. The second-order valence-electron chi connectivity index (χ2n) is 8.01. The van der Waals surface area contributed by atoms with Crippen molar-refractivity contribution in [3.05, 3.63) is 24.1 Å². The molecule has 1 saturated carbocycles. The minimum absolute atomic E-state index is 0.0427. The highest BCUT2D eigenvalue weighted by atomic mass is 19.1. The van der Waals surface area contributed by atoms with Gasteiger partial charge in [0, 0.05) is 13.1 Å². The van der Waals surface area contributed by atoms with Crippen molar-refractivity contribution in [3.63, 3.8) is 0 Å². The van der Waals surface area contributed by atoms with Gasteiger partial charge in [-0.3, -0.25) is 0 Å². The van der Waals surface area contributed by atoms with Crippen molar-refractivity contribution in [3.8, 4) is 0 Å². The maximum absolute atomic E-state index is 13.2. The number of piperidine rings is 1. The Bertz CT molecular complexity index is 611.